The van der Waals surface area contributed by atoms with Crippen LogP contribution in [0.3, 0.4) is 0 Å². The Morgan fingerprint density at radius 2 is 0.661 bits per heavy atom. The molecule has 0 aliphatic heterocycles. The molecular weight excluding hydrogens is 687 g/mol. The van der Waals surface area contributed by atoms with Crippen LogP contribution in [0, 0.1) is 0 Å². The molecule has 0 saturated carbocycles. The van der Waals surface area contributed by atoms with Crippen LogP contribution in [0.15, 0.2) is 12.2 Å². The molecule has 0 aliphatic carbocycles. The van der Waals surface area contributed by atoms with Crippen LogP contribution in [0.5, 0.6) is 0 Å². The maximum atomic E-state index is 12.4. The summed E-state index contributed by atoms with van der Waals surface area (Å²) in [5.74, 6) is -0.0571. The third-order valence-electron chi connectivity index (χ3n) is 12.3. The quantitative estimate of drug-likeness (QED) is 0.0425. The highest BCUT2D eigenvalue weighted by Crippen LogP contribution is 2.17. The summed E-state index contributed by atoms with van der Waals surface area (Å²) in [5.41, 5.74) is 0. The minimum atomic E-state index is -0.834. The van der Waals surface area contributed by atoms with Gasteiger partial charge in [-0.2, -0.15) is 0 Å². The molecule has 3 N–H and O–H groups in total. The zero-order valence-electron chi connectivity index (χ0n) is 38.4. The van der Waals surface area contributed by atoms with E-state index in [1.165, 1.54) is 250 Å². The summed E-state index contributed by atoms with van der Waals surface area (Å²) < 4.78 is 0. The van der Waals surface area contributed by atoms with Crippen molar-refractivity contribution < 1.29 is 15.0 Å². The topological polar surface area (TPSA) is 69.6 Å². The van der Waals surface area contributed by atoms with Gasteiger partial charge in [-0.1, -0.05) is 283 Å². The molecule has 0 heterocycles. The van der Waals surface area contributed by atoms with Crippen LogP contribution in [0.4, 0.5) is 0 Å². The molecule has 0 aromatic carbocycles. The van der Waals surface area contributed by atoms with E-state index >= 15 is 0 Å². The summed E-state index contributed by atoms with van der Waals surface area (Å²) in [4.78, 5) is 12.4. The molecule has 0 spiro atoms. The molecule has 0 unspecified atom stereocenters. The summed E-state index contributed by atoms with van der Waals surface area (Å²) in [6.45, 7) is 4.34. The number of hydrogen-bond donors (Lipinski definition) is 3. The van der Waals surface area contributed by atoms with Crippen LogP contribution in [0.1, 0.15) is 296 Å². The van der Waals surface area contributed by atoms with Crippen molar-refractivity contribution in [3.63, 3.8) is 0 Å². The van der Waals surface area contributed by atoms with E-state index in [0.29, 0.717) is 6.42 Å². The molecule has 0 aromatic heterocycles. The van der Waals surface area contributed by atoms with Gasteiger partial charge < -0.3 is 15.5 Å². The largest absolute Gasteiger partial charge is 0.394 e. The van der Waals surface area contributed by atoms with Crippen LogP contribution in [-0.2, 0) is 4.79 Å². The Morgan fingerprint density at radius 3 is 0.929 bits per heavy atom. The lowest BCUT2D eigenvalue weighted by Gasteiger charge is -2.20. The monoisotopic (exact) mass is 790 g/mol. The van der Waals surface area contributed by atoms with E-state index < -0.39 is 12.1 Å². The first-order valence-electron chi connectivity index (χ1n) is 25.9. The maximum absolute atomic E-state index is 12.4. The van der Waals surface area contributed by atoms with Gasteiger partial charge in [-0.15, -0.1) is 0 Å². The van der Waals surface area contributed by atoms with Crippen LogP contribution in [0.25, 0.3) is 0 Å². The second-order valence-electron chi connectivity index (χ2n) is 18.0. The first-order valence-corrected chi connectivity index (χ1v) is 25.9. The van der Waals surface area contributed by atoms with E-state index in [1.807, 2.05) is 6.08 Å². The summed E-state index contributed by atoms with van der Waals surface area (Å²) in [7, 11) is 0. The third-order valence-corrected chi connectivity index (χ3v) is 12.3. The lowest BCUT2D eigenvalue weighted by molar-refractivity contribution is -0.123. The van der Waals surface area contributed by atoms with E-state index in [9.17, 15) is 15.0 Å². The van der Waals surface area contributed by atoms with Crippen molar-refractivity contribution in [1.29, 1.82) is 0 Å². The smallest absolute Gasteiger partial charge is 0.220 e. The SMILES string of the molecule is CCCCCCCCCCCCCCCC/C=C/[C@@H](O)[C@H](CO)NC(=O)CCCCCCCCCCCCCCCCCCCCCCCCCCCCCC. The fourth-order valence-corrected chi connectivity index (χ4v) is 8.30. The van der Waals surface area contributed by atoms with Crippen molar-refractivity contribution >= 4 is 5.91 Å². The third kappa shape index (κ3) is 44.2. The molecule has 0 radical (unpaired) electrons. The van der Waals surface area contributed by atoms with Crippen molar-refractivity contribution in [3.05, 3.63) is 12.2 Å². The molecule has 4 heteroatoms. The van der Waals surface area contributed by atoms with Gasteiger partial charge in [0.05, 0.1) is 18.8 Å². The van der Waals surface area contributed by atoms with Gasteiger partial charge in [0.15, 0.2) is 0 Å². The number of unbranched alkanes of at least 4 members (excludes halogenated alkanes) is 41. The van der Waals surface area contributed by atoms with Crippen molar-refractivity contribution in [2.45, 2.75) is 309 Å². The maximum Gasteiger partial charge on any atom is 0.220 e. The molecule has 0 bridgehead atoms. The molecule has 0 aromatic rings. The molecule has 4 nitrogen and oxygen atoms in total. The summed E-state index contributed by atoms with van der Waals surface area (Å²) in [6.07, 6.45) is 62.1. The number of carbonyl (C=O) groups is 1. The Morgan fingerprint density at radius 1 is 0.411 bits per heavy atom. The van der Waals surface area contributed by atoms with Crippen molar-refractivity contribution in [1.82, 2.24) is 5.32 Å². The number of amides is 1. The Labute approximate surface area is 352 Å². The normalized spacial score (nSPS) is 12.9. The van der Waals surface area contributed by atoms with Gasteiger partial charge in [-0.05, 0) is 19.3 Å². The lowest BCUT2D eigenvalue weighted by atomic mass is 10.0. The standard InChI is InChI=1S/C52H103NO3/c1-3-5-7-9-11-13-15-17-19-21-22-23-24-25-26-27-28-29-30-31-32-34-36-38-40-42-44-46-48-52(56)53-50(49-54)51(55)47-45-43-41-39-37-35-33-20-18-16-14-12-10-8-6-4-2/h45,47,50-51,54-55H,3-44,46,48-49H2,1-2H3,(H,53,56)/b47-45+/t50-,51+/m0/s1. The second kappa shape index (κ2) is 48.5. The van der Waals surface area contributed by atoms with Crippen LogP contribution in [-0.4, -0.2) is 34.9 Å². The van der Waals surface area contributed by atoms with Gasteiger partial charge in [-0.25, -0.2) is 0 Å². The predicted octanol–water partition coefficient (Wildman–Crippen LogP) is 16.6. The minimum absolute atomic E-state index is 0.0571. The summed E-state index contributed by atoms with van der Waals surface area (Å²) >= 11 is 0. The number of aliphatic hydroxyl groups excluding tert-OH is 2. The van der Waals surface area contributed by atoms with Crippen LogP contribution < -0.4 is 5.32 Å². The van der Waals surface area contributed by atoms with Crippen LogP contribution >= 0.6 is 0 Å². The minimum Gasteiger partial charge on any atom is -0.394 e. The number of rotatable bonds is 48. The zero-order chi connectivity index (χ0) is 40.7. The van der Waals surface area contributed by atoms with E-state index in [4.69, 9.17) is 0 Å². The highest BCUT2D eigenvalue weighted by atomic mass is 16.3. The number of hydrogen-bond acceptors (Lipinski definition) is 3. The molecule has 1 amide bonds. The first kappa shape index (κ1) is 55.1. The summed E-state index contributed by atoms with van der Waals surface area (Å²) in [6, 6.07) is -0.617. The fourth-order valence-electron chi connectivity index (χ4n) is 8.30. The fraction of sp³-hybridized carbons (Fsp3) is 0.942. The first-order chi connectivity index (χ1) is 27.7. The number of carbonyl (C=O) groups excluding carboxylic acids is 1. The molecule has 2 atom stereocenters. The van der Waals surface area contributed by atoms with Gasteiger partial charge in [0.25, 0.3) is 0 Å². The summed E-state index contributed by atoms with van der Waals surface area (Å²) in [5, 5.41) is 23.1. The van der Waals surface area contributed by atoms with E-state index in [0.717, 1.165) is 25.7 Å². The van der Waals surface area contributed by atoms with Gasteiger partial charge in [0, 0.05) is 6.42 Å². The number of allylic oxidation sites excluding steroid dienone is 1. The van der Waals surface area contributed by atoms with Crippen molar-refractivity contribution in [2.24, 2.45) is 0 Å². The average Bonchev–Trinajstić information content (AvgIpc) is 3.20. The van der Waals surface area contributed by atoms with E-state index in [1.54, 1.807) is 6.08 Å². The zero-order valence-corrected chi connectivity index (χ0v) is 38.4. The van der Waals surface area contributed by atoms with Gasteiger partial charge >= 0.3 is 0 Å². The van der Waals surface area contributed by atoms with Crippen molar-refractivity contribution in [3.8, 4) is 0 Å². The molecule has 0 rings (SSSR count). The molecule has 0 saturated heterocycles. The van der Waals surface area contributed by atoms with Crippen molar-refractivity contribution in [2.75, 3.05) is 6.61 Å². The van der Waals surface area contributed by atoms with Crippen LogP contribution in [0.2, 0.25) is 0 Å². The van der Waals surface area contributed by atoms with Gasteiger partial charge in [-0.3, -0.25) is 4.79 Å². The van der Waals surface area contributed by atoms with Gasteiger partial charge in [0.2, 0.25) is 5.91 Å². The molecule has 0 aliphatic rings. The molecule has 56 heavy (non-hydrogen) atoms. The highest BCUT2D eigenvalue weighted by molar-refractivity contribution is 5.76. The highest BCUT2D eigenvalue weighted by Gasteiger charge is 2.18. The average molecular weight is 790 g/mol. The van der Waals surface area contributed by atoms with E-state index in [2.05, 4.69) is 19.2 Å². The Hall–Kier alpha value is -0.870. The number of aliphatic hydroxyl groups is 2. The second-order valence-corrected chi connectivity index (χ2v) is 18.0. The molecule has 334 valence electrons. The molecular formula is C52H103NO3. The predicted molar refractivity (Wildman–Crippen MR) is 249 cm³/mol. The lowest BCUT2D eigenvalue weighted by Crippen LogP contribution is -2.45. The number of nitrogens with one attached hydrogen (secondary N) is 1. The Bertz CT molecular complexity index is 769. The molecule has 0 fully saturated rings. The van der Waals surface area contributed by atoms with E-state index in [-0.39, 0.29) is 12.5 Å². The van der Waals surface area contributed by atoms with Gasteiger partial charge in [0.1, 0.15) is 0 Å². The Balaban J connectivity index is 3.43. The Kier molecular flexibility index (Phi) is 47.7.